The van der Waals surface area contributed by atoms with Gasteiger partial charge in [-0.05, 0) is 48.9 Å². The van der Waals surface area contributed by atoms with E-state index in [0.29, 0.717) is 23.0 Å². The molecule has 122 valence electrons. The molecule has 0 heterocycles. The molecule has 0 aromatic heterocycles. The largest absolute Gasteiger partial charge is 0.366 e. The molecule has 0 fully saturated rings. The molecule has 0 saturated carbocycles. The number of rotatable bonds is 8. The molecule has 0 aliphatic rings. The lowest BCUT2D eigenvalue weighted by Gasteiger charge is -2.24. The first-order valence-electron chi connectivity index (χ1n) is 8.00. The van der Waals surface area contributed by atoms with Crippen LogP contribution < -0.4 is 5.73 Å². The number of amides is 2. The summed E-state index contributed by atoms with van der Waals surface area (Å²) in [6.07, 6.45) is 1.98. The van der Waals surface area contributed by atoms with E-state index < -0.39 is 5.91 Å². The zero-order valence-corrected chi connectivity index (χ0v) is 14.1. The van der Waals surface area contributed by atoms with E-state index in [1.807, 2.05) is 4.90 Å². The maximum Gasteiger partial charge on any atom is 0.253 e. The van der Waals surface area contributed by atoms with Crippen LogP contribution in [0.1, 0.15) is 61.3 Å². The van der Waals surface area contributed by atoms with Crippen molar-refractivity contribution in [1.29, 1.82) is 0 Å². The summed E-state index contributed by atoms with van der Waals surface area (Å²) in [4.78, 5) is 25.7. The van der Waals surface area contributed by atoms with Crippen LogP contribution in [-0.4, -0.2) is 29.8 Å². The Morgan fingerprint density at radius 3 is 1.68 bits per heavy atom. The molecule has 22 heavy (non-hydrogen) atoms. The molecule has 0 unspecified atom stereocenters. The summed E-state index contributed by atoms with van der Waals surface area (Å²) in [5.74, 6) is 0.672. The maximum atomic E-state index is 12.7. The van der Waals surface area contributed by atoms with E-state index in [-0.39, 0.29) is 5.91 Å². The molecular weight excluding hydrogens is 276 g/mol. The Morgan fingerprint density at radius 1 is 0.909 bits per heavy atom. The third-order valence-corrected chi connectivity index (χ3v) is 3.66. The fourth-order valence-corrected chi connectivity index (χ4v) is 2.10. The molecule has 4 nitrogen and oxygen atoms in total. The van der Waals surface area contributed by atoms with Gasteiger partial charge in [0.2, 0.25) is 5.91 Å². The highest BCUT2D eigenvalue weighted by Gasteiger charge is 2.16. The van der Waals surface area contributed by atoms with Crippen LogP contribution in [0, 0.1) is 11.8 Å². The molecule has 0 saturated heterocycles. The number of nitrogens with two attached hydrogens (primary N) is 1. The maximum absolute atomic E-state index is 12.7. The van der Waals surface area contributed by atoms with Crippen LogP contribution in [0.3, 0.4) is 0 Å². The summed E-state index contributed by atoms with van der Waals surface area (Å²) in [6.45, 7) is 10.2. The number of benzene rings is 1. The number of hydrogen-bond acceptors (Lipinski definition) is 2. The minimum Gasteiger partial charge on any atom is -0.366 e. The van der Waals surface area contributed by atoms with Gasteiger partial charge in [0.25, 0.3) is 5.91 Å². The second-order valence-corrected chi connectivity index (χ2v) is 6.60. The predicted octanol–water partition coefficient (Wildman–Crippen LogP) is 3.32. The van der Waals surface area contributed by atoms with Crippen molar-refractivity contribution in [1.82, 2.24) is 4.90 Å². The van der Waals surface area contributed by atoms with Crippen molar-refractivity contribution in [3.8, 4) is 0 Å². The monoisotopic (exact) mass is 304 g/mol. The quantitative estimate of drug-likeness (QED) is 0.800. The van der Waals surface area contributed by atoms with Gasteiger partial charge < -0.3 is 10.6 Å². The molecule has 2 N–H and O–H groups in total. The summed E-state index contributed by atoms with van der Waals surface area (Å²) < 4.78 is 0. The van der Waals surface area contributed by atoms with E-state index in [9.17, 15) is 9.59 Å². The molecule has 0 bridgehead atoms. The fourth-order valence-electron chi connectivity index (χ4n) is 2.10. The van der Waals surface area contributed by atoms with E-state index in [1.165, 1.54) is 0 Å². The second-order valence-electron chi connectivity index (χ2n) is 6.60. The Bertz CT molecular complexity index is 480. The third-order valence-electron chi connectivity index (χ3n) is 3.66. The summed E-state index contributed by atoms with van der Waals surface area (Å²) >= 11 is 0. The van der Waals surface area contributed by atoms with Crippen LogP contribution in [0.5, 0.6) is 0 Å². The molecular formula is C18H28N2O2. The Balaban J connectivity index is 2.82. The van der Waals surface area contributed by atoms with E-state index >= 15 is 0 Å². The van der Waals surface area contributed by atoms with Crippen molar-refractivity contribution < 1.29 is 9.59 Å². The van der Waals surface area contributed by atoms with Crippen LogP contribution in [0.25, 0.3) is 0 Å². The summed E-state index contributed by atoms with van der Waals surface area (Å²) in [5.41, 5.74) is 6.26. The van der Waals surface area contributed by atoms with Crippen molar-refractivity contribution in [2.45, 2.75) is 40.5 Å². The van der Waals surface area contributed by atoms with Gasteiger partial charge in [0.05, 0.1) is 0 Å². The van der Waals surface area contributed by atoms with Crippen molar-refractivity contribution in [3.05, 3.63) is 35.4 Å². The first kappa shape index (κ1) is 18.2. The normalized spacial score (nSPS) is 11.0. The average Bonchev–Trinajstić information content (AvgIpc) is 2.46. The van der Waals surface area contributed by atoms with E-state index in [1.54, 1.807) is 24.3 Å². The molecule has 0 atom stereocenters. The van der Waals surface area contributed by atoms with Gasteiger partial charge in [0, 0.05) is 24.2 Å². The van der Waals surface area contributed by atoms with Crippen molar-refractivity contribution in [3.63, 3.8) is 0 Å². The number of carbonyl (C=O) groups excluding carboxylic acids is 2. The lowest BCUT2D eigenvalue weighted by atomic mass is 10.1. The fraction of sp³-hybridized carbons (Fsp3) is 0.556. The van der Waals surface area contributed by atoms with Gasteiger partial charge in [-0.3, -0.25) is 9.59 Å². The van der Waals surface area contributed by atoms with Gasteiger partial charge >= 0.3 is 0 Å². The van der Waals surface area contributed by atoms with E-state index in [2.05, 4.69) is 27.7 Å². The number of nitrogens with zero attached hydrogens (tertiary/aromatic N) is 1. The zero-order valence-electron chi connectivity index (χ0n) is 14.1. The van der Waals surface area contributed by atoms with Crippen LogP contribution in [0.15, 0.2) is 24.3 Å². The van der Waals surface area contributed by atoms with Gasteiger partial charge in [-0.2, -0.15) is 0 Å². The minimum atomic E-state index is -0.476. The summed E-state index contributed by atoms with van der Waals surface area (Å²) in [6, 6.07) is 6.58. The van der Waals surface area contributed by atoms with Gasteiger partial charge in [-0.25, -0.2) is 0 Å². The van der Waals surface area contributed by atoms with E-state index in [0.717, 1.165) is 25.9 Å². The first-order chi connectivity index (χ1) is 10.3. The number of carbonyl (C=O) groups is 2. The highest BCUT2D eigenvalue weighted by molar-refractivity contribution is 5.97. The van der Waals surface area contributed by atoms with Crippen molar-refractivity contribution in [2.24, 2.45) is 17.6 Å². The Kier molecular flexibility index (Phi) is 7.09. The van der Waals surface area contributed by atoms with Gasteiger partial charge in [-0.1, -0.05) is 27.7 Å². The second kappa shape index (κ2) is 8.57. The number of hydrogen-bond donors (Lipinski definition) is 1. The SMILES string of the molecule is CC(C)CCN(CCC(C)C)C(=O)c1ccc(C(N)=O)cc1. The Hall–Kier alpha value is -1.84. The molecule has 1 aromatic carbocycles. The van der Waals surface area contributed by atoms with Crippen LogP contribution >= 0.6 is 0 Å². The Morgan fingerprint density at radius 2 is 1.32 bits per heavy atom. The standard InChI is InChI=1S/C18H28N2O2/c1-13(2)9-11-20(12-10-14(3)4)18(22)16-7-5-15(6-8-16)17(19)21/h5-8,13-14H,9-12H2,1-4H3,(H2,19,21). The molecule has 4 heteroatoms. The highest BCUT2D eigenvalue weighted by Crippen LogP contribution is 2.12. The zero-order chi connectivity index (χ0) is 16.7. The van der Waals surface area contributed by atoms with Gasteiger partial charge in [-0.15, -0.1) is 0 Å². The average molecular weight is 304 g/mol. The van der Waals surface area contributed by atoms with Crippen molar-refractivity contribution >= 4 is 11.8 Å². The lowest BCUT2D eigenvalue weighted by Crippen LogP contribution is -2.34. The van der Waals surface area contributed by atoms with E-state index in [4.69, 9.17) is 5.73 Å². The highest BCUT2D eigenvalue weighted by atomic mass is 16.2. The minimum absolute atomic E-state index is 0.0253. The van der Waals surface area contributed by atoms with Crippen LogP contribution in [0.2, 0.25) is 0 Å². The molecule has 1 aromatic rings. The molecule has 0 aliphatic carbocycles. The molecule has 0 spiro atoms. The van der Waals surface area contributed by atoms with Gasteiger partial charge in [0.1, 0.15) is 0 Å². The molecule has 2 amide bonds. The lowest BCUT2D eigenvalue weighted by molar-refractivity contribution is 0.0740. The summed E-state index contributed by atoms with van der Waals surface area (Å²) in [5, 5.41) is 0. The molecule has 0 aliphatic heterocycles. The third kappa shape index (κ3) is 5.88. The molecule has 0 radical (unpaired) electrons. The topological polar surface area (TPSA) is 63.4 Å². The van der Waals surface area contributed by atoms with Gasteiger partial charge in [0.15, 0.2) is 0 Å². The van der Waals surface area contributed by atoms with Crippen LogP contribution in [-0.2, 0) is 0 Å². The number of primary amides is 1. The van der Waals surface area contributed by atoms with Crippen LogP contribution in [0.4, 0.5) is 0 Å². The molecule has 1 rings (SSSR count). The predicted molar refractivity (Wildman–Crippen MR) is 89.8 cm³/mol. The Labute approximate surface area is 133 Å². The van der Waals surface area contributed by atoms with Crippen molar-refractivity contribution in [2.75, 3.05) is 13.1 Å². The smallest absolute Gasteiger partial charge is 0.253 e. The first-order valence-corrected chi connectivity index (χ1v) is 8.00. The summed E-state index contributed by atoms with van der Waals surface area (Å²) in [7, 11) is 0.